The SMILES string of the molecule is CN=C(NCCc1cccc(C(=O)N(C)C)c1)N1CCC(C)CC1. The first kappa shape index (κ1) is 18.3. The Labute approximate surface area is 145 Å². The molecule has 1 aliphatic heterocycles. The van der Waals surface area contributed by atoms with Crippen LogP contribution < -0.4 is 5.32 Å². The van der Waals surface area contributed by atoms with E-state index in [1.807, 2.05) is 25.2 Å². The number of benzene rings is 1. The lowest BCUT2D eigenvalue weighted by Crippen LogP contribution is -2.45. The monoisotopic (exact) mass is 330 g/mol. The topological polar surface area (TPSA) is 47.9 Å². The summed E-state index contributed by atoms with van der Waals surface area (Å²) in [6, 6.07) is 7.87. The second-order valence-corrected chi connectivity index (χ2v) is 6.79. The highest BCUT2D eigenvalue weighted by molar-refractivity contribution is 5.94. The van der Waals surface area contributed by atoms with Crippen molar-refractivity contribution in [1.29, 1.82) is 0 Å². The fraction of sp³-hybridized carbons (Fsp3) is 0.579. The Kier molecular flexibility index (Phi) is 6.64. The van der Waals surface area contributed by atoms with Crippen molar-refractivity contribution in [3.63, 3.8) is 0 Å². The first-order valence-corrected chi connectivity index (χ1v) is 8.77. The highest BCUT2D eigenvalue weighted by Crippen LogP contribution is 2.15. The molecule has 0 unspecified atom stereocenters. The molecule has 1 amide bonds. The van der Waals surface area contributed by atoms with E-state index in [4.69, 9.17) is 0 Å². The van der Waals surface area contributed by atoms with Crippen LogP contribution >= 0.6 is 0 Å². The number of nitrogens with zero attached hydrogens (tertiary/aromatic N) is 3. The fourth-order valence-electron chi connectivity index (χ4n) is 2.99. The minimum absolute atomic E-state index is 0.0445. The smallest absolute Gasteiger partial charge is 0.253 e. The van der Waals surface area contributed by atoms with E-state index in [2.05, 4.69) is 28.2 Å². The maximum Gasteiger partial charge on any atom is 0.253 e. The fourth-order valence-corrected chi connectivity index (χ4v) is 2.99. The van der Waals surface area contributed by atoms with Crippen LogP contribution in [-0.4, -0.2) is 62.4 Å². The number of amides is 1. The van der Waals surface area contributed by atoms with Crippen LogP contribution in [0.2, 0.25) is 0 Å². The van der Waals surface area contributed by atoms with E-state index >= 15 is 0 Å². The first-order chi connectivity index (χ1) is 11.5. The zero-order chi connectivity index (χ0) is 17.5. The zero-order valence-electron chi connectivity index (χ0n) is 15.4. The Bertz CT molecular complexity index is 574. The summed E-state index contributed by atoms with van der Waals surface area (Å²) in [7, 11) is 5.40. The van der Waals surface area contributed by atoms with E-state index in [0.29, 0.717) is 0 Å². The molecule has 0 bridgehead atoms. The van der Waals surface area contributed by atoms with Crippen molar-refractivity contribution in [1.82, 2.24) is 15.1 Å². The van der Waals surface area contributed by atoms with Gasteiger partial charge in [-0.3, -0.25) is 9.79 Å². The van der Waals surface area contributed by atoms with Crippen LogP contribution in [0.15, 0.2) is 29.3 Å². The summed E-state index contributed by atoms with van der Waals surface area (Å²) in [4.78, 5) is 20.4. The molecule has 1 heterocycles. The van der Waals surface area contributed by atoms with Gasteiger partial charge in [0.1, 0.15) is 0 Å². The van der Waals surface area contributed by atoms with Gasteiger partial charge in [-0.2, -0.15) is 0 Å². The van der Waals surface area contributed by atoms with Crippen LogP contribution in [0.3, 0.4) is 0 Å². The van der Waals surface area contributed by atoms with Gasteiger partial charge in [-0.25, -0.2) is 0 Å². The van der Waals surface area contributed by atoms with Gasteiger partial charge in [0.25, 0.3) is 5.91 Å². The quantitative estimate of drug-likeness (QED) is 0.680. The largest absolute Gasteiger partial charge is 0.356 e. The predicted molar refractivity (Wildman–Crippen MR) is 99.5 cm³/mol. The molecule has 1 N–H and O–H groups in total. The number of nitrogens with one attached hydrogen (secondary N) is 1. The third-order valence-corrected chi connectivity index (χ3v) is 4.57. The lowest BCUT2D eigenvalue weighted by Gasteiger charge is -2.32. The molecule has 1 aromatic carbocycles. The lowest BCUT2D eigenvalue weighted by atomic mass is 9.99. The Balaban J connectivity index is 1.87. The predicted octanol–water partition coefficient (Wildman–Crippen LogP) is 2.24. The molecule has 1 saturated heterocycles. The number of carbonyl (C=O) groups is 1. The number of hydrogen-bond donors (Lipinski definition) is 1. The molecule has 2 rings (SSSR count). The average molecular weight is 330 g/mol. The summed E-state index contributed by atoms with van der Waals surface area (Å²) < 4.78 is 0. The molecule has 0 atom stereocenters. The van der Waals surface area contributed by atoms with Crippen LogP contribution in [0.1, 0.15) is 35.7 Å². The van der Waals surface area contributed by atoms with E-state index in [1.54, 1.807) is 19.0 Å². The maximum atomic E-state index is 12.0. The summed E-state index contributed by atoms with van der Waals surface area (Å²) in [5, 5.41) is 3.45. The molecule has 0 aliphatic carbocycles. The third-order valence-electron chi connectivity index (χ3n) is 4.57. The molecule has 0 saturated carbocycles. The minimum Gasteiger partial charge on any atom is -0.356 e. The number of guanidine groups is 1. The van der Waals surface area contributed by atoms with Crippen molar-refractivity contribution in [3.05, 3.63) is 35.4 Å². The van der Waals surface area contributed by atoms with Gasteiger partial charge in [-0.1, -0.05) is 19.1 Å². The van der Waals surface area contributed by atoms with Gasteiger partial charge < -0.3 is 15.1 Å². The van der Waals surface area contributed by atoms with Gasteiger partial charge >= 0.3 is 0 Å². The van der Waals surface area contributed by atoms with E-state index in [1.165, 1.54) is 12.8 Å². The summed E-state index contributed by atoms with van der Waals surface area (Å²) in [6.45, 7) is 5.29. The van der Waals surface area contributed by atoms with Crippen molar-refractivity contribution in [2.45, 2.75) is 26.2 Å². The number of hydrogen-bond acceptors (Lipinski definition) is 2. The Morgan fingerprint density at radius 1 is 1.33 bits per heavy atom. The van der Waals surface area contributed by atoms with E-state index in [0.717, 1.165) is 49.1 Å². The average Bonchev–Trinajstić information content (AvgIpc) is 2.59. The number of carbonyl (C=O) groups excluding carboxylic acids is 1. The van der Waals surface area contributed by atoms with E-state index < -0.39 is 0 Å². The van der Waals surface area contributed by atoms with Crippen molar-refractivity contribution >= 4 is 11.9 Å². The second kappa shape index (κ2) is 8.71. The van der Waals surface area contributed by atoms with Crippen molar-refractivity contribution < 1.29 is 4.79 Å². The Hall–Kier alpha value is -2.04. The lowest BCUT2D eigenvalue weighted by molar-refractivity contribution is 0.0827. The summed E-state index contributed by atoms with van der Waals surface area (Å²) in [6.07, 6.45) is 3.34. The molecule has 0 spiro atoms. The Morgan fingerprint density at radius 2 is 2.04 bits per heavy atom. The number of piperidine rings is 1. The molecular formula is C19H30N4O. The standard InChI is InChI=1S/C19H30N4O/c1-15-9-12-23(13-10-15)19(20-2)21-11-8-16-6-5-7-17(14-16)18(24)22(3)4/h5-7,14-15H,8-13H2,1-4H3,(H,20,21). The molecule has 0 radical (unpaired) electrons. The van der Waals surface area contributed by atoms with Crippen LogP contribution in [-0.2, 0) is 6.42 Å². The molecule has 1 aliphatic rings. The van der Waals surface area contributed by atoms with Gasteiger partial charge in [0, 0.05) is 46.3 Å². The number of likely N-dealkylation sites (tertiary alicyclic amines) is 1. The minimum atomic E-state index is 0.0445. The number of rotatable bonds is 4. The Morgan fingerprint density at radius 3 is 2.67 bits per heavy atom. The van der Waals surface area contributed by atoms with Gasteiger partial charge in [0.15, 0.2) is 5.96 Å². The molecular weight excluding hydrogens is 300 g/mol. The van der Waals surface area contributed by atoms with Gasteiger partial charge in [-0.05, 0) is 42.9 Å². The normalized spacial score (nSPS) is 16.2. The molecule has 132 valence electrons. The summed E-state index contributed by atoms with van der Waals surface area (Å²) in [5.41, 5.74) is 1.91. The van der Waals surface area contributed by atoms with Crippen LogP contribution in [0.25, 0.3) is 0 Å². The van der Waals surface area contributed by atoms with Crippen molar-refractivity contribution in [2.75, 3.05) is 40.8 Å². The van der Waals surface area contributed by atoms with E-state index in [9.17, 15) is 4.79 Å². The van der Waals surface area contributed by atoms with Gasteiger partial charge in [0.05, 0.1) is 0 Å². The number of aliphatic imine (C=N–C) groups is 1. The van der Waals surface area contributed by atoms with Crippen LogP contribution in [0.4, 0.5) is 0 Å². The van der Waals surface area contributed by atoms with Gasteiger partial charge in [0.2, 0.25) is 0 Å². The van der Waals surface area contributed by atoms with E-state index in [-0.39, 0.29) is 5.91 Å². The highest BCUT2D eigenvalue weighted by atomic mass is 16.2. The molecule has 1 aromatic rings. The van der Waals surface area contributed by atoms with Crippen molar-refractivity contribution in [3.8, 4) is 0 Å². The molecule has 5 nitrogen and oxygen atoms in total. The second-order valence-electron chi connectivity index (χ2n) is 6.79. The van der Waals surface area contributed by atoms with Crippen LogP contribution in [0.5, 0.6) is 0 Å². The molecule has 5 heteroatoms. The van der Waals surface area contributed by atoms with Crippen LogP contribution in [0, 0.1) is 5.92 Å². The third kappa shape index (κ3) is 4.98. The maximum absolute atomic E-state index is 12.0. The molecule has 24 heavy (non-hydrogen) atoms. The highest BCUT2D eigenvalue weighted by Gasteiger charge is 2.18. The van der Waals surface area contributed by atoms with Crippen molar-refractivity contribution in [2.24, 2.45) is 10.9 Å². The van der Waals surface area contributed by atoms with Gasteiger partial charge in [-0.15, -0.1) is 0 Å². The molecule has 0 aromatic heterocycles. The summed E-state index contributed by atoms with van der Waals surface area (Å²) >= 11 is 0. The molecule has 1 fully saturated rings. The summed E-state index contributed by atoms with van der Waals surface area (Å²) in [5.74, 6) is 1.85. The first-order valence-electron chi connectivity index (χ1n) is 8.77. The zero-order valence-corrected chi connectivity index (χ0v) is 15.4.